The summed E-state index contributed by atoms with van der Waals surface area (Å²) in [6.45, 7) is 14.6. The Bertz CT molecular complexity index is 2030. The monoisotopic (exact) mass is 660 g/mol. The number of fused-ring (bicyclic) bond motifs is 6. The van der Waals surface area contributed by atoms with Crippen molar-refractivity contribution < 1.29 is 14.3 Å². The highest BCUT2D eigenvalue weighted by Crippen LogP contribution is 2.43. The van der Waals surface area contributed by atoms with Gasteiger partial charge in [0.25, 0.3) is 0 Å². The number of benzene rings is 3. The van der Waals surface area contributed by atoms with Crippen molar-refractivity contribution >= 4 is 33.6 Å². The molecule has 2 N–H and O–H groups in total. The van der Waals surface area contributed by atoms with Crippen LogP contribution in [0.2, 0.25) is 0 Å². The third-order valence-corrected chi connectivity index (χ3v) is 10.1. The van der Waals surface area contributed by atoms with Crippen molar-refractivity contribution in [1.29, 1.82) is 0 Å². The van der Waals surface area contributed by atoms with Gasteiger partial charge in [0.05, 0.1) is 35.0 Å². The van der Waals surface area contributed by atoms with Crippen LogP contribution in [0.5, 0.6) is 5.75 Å². The van der Waals surface area contributed by atoms with Crippen LogP contribution >= 0.6 is 0 Å². The molecule has 0 radical (unpaired) electrons. The topological polar surface area (TPSA) is 107 Å². The number of hydrogen-bond donors (Lipinski definition) is 2. The average molecular weight is 661 g/mol. The van der Waals surface area contributed by atoms with Crippen LogP contribution in [0.1, 0.15) is 103 Å². The van der Waals surface area contributed by atoms with Crippen molar-refractivity contribution in [2.45, 2.75) is 92.3 Å². The van der Waals surface area contributed by atoms with E-state index in [1.807, 2.05) is 22.9 Å². The summed E-state index contributed by atoms with van der Waals surface area (Å²) < 4.78 is 6.39. The van der Waals surface area contributed by atoms with Crippen molar-refractivity contribution in [2.75, 3.05) is 13.1 Å². The van der Waals surface area contributed by atoms with E-state index in [0.717, 1.165) is 93.0 Å². The predicted molar refractivity (Wildman–Crippen MR) is 194 cm³/mol. The summed E-state index contributed by atoms with van der Waals surface area (Å²) in [6.07, 6.45) is 5.57. The molecule has 0 unspecified atom stereocenters. The van der Waals surface area contributed by atoms with Crippen molar-refractivity contribution in [3.8, 4) is 28.1 Å². The molecule has 1 fully saturated rings. The minimum absolute atomic E-state index is 0.0249. The molecule has 9 heteroatoms. The van der Waals surface area contributed by atoms with Crippen molar-refractivity contribution in [3.05, 3.63) is 65.9 Å². The van der Waals surface area contributed by atoms with Gasteiger partial charge in [0.15, 0.2) is 0 Å². The van der Waals surface area contributed by atoms with Gasteiger partial charge < -0.3 is 24.5 Å². The maximum absolute atomic E-state index is 13.0. The number of hydrogen-bond acceptors (Lipinski definition) is 5. The third kappa shape index (κ3) is 6.20. The van der Waals surface area contributed by atoms with Crippen LogP contribution in [0.25, 0.3) is 44.2 Å². The number of carbonyl (C=O) groups excluding carboxylic acids is 2. The van der Waals surface area contributed by atoms with E-state index in [0.29, 0.717) is 37.8 Å². The van der Waals surface area contributed by atoms with Gasteiger partial charge in [-0.25, -0.2) is 9.97 Å². The lowest BCUT2D eigenvalue weighted by Crippen LogP contribution is -2.36. The Morgan fingerprint density at radius 1 is 1.02 bits per heavy atom. The molecule has 9 nitrogen and oxygen atoms in total. The molecule has 2 aromatic heterocycles. The summed E-state index contributed by atoms with van der Waals surface area (Å²) in [7, 11) is 0. The normalized spacial score (nSPS) is 17.7. The van der Waals surface area contributed by atoms with E-state index in [9.17, 15) is 9.59 Å². The molecular formula is C40H48N6O3. The minimum atomic E-state index is -0.141. The number of aromatic nitrogens is 4. The third-order valence-electron chi connectivity index (χ3n) is 10.1. The van der Waals surface area contributed by atoms with Gasteiger partial charge in [0.1, 0.15) is 24.0 Å². The Balaban J connectivity index is 1.17. The Hall–Kier alpha value is -4.66. The average Bonchev–Trinajstić information content (AvgIpc) is 3.84. The number of likely N-dealkylation sites (tertiary alicyclic amines) is 1. The Morgan fingerprint density at radius 2 is 1.84 bits per heavy atom. The van der Waals surface area contributed by atoms with Crippen LogP contribution in [-0.2, 0) is 16.2 Å². The highest BCUT2D eigenvalue weighted by atomic mass is 16.5. The van der Waals surface area contributed by atoms with E-state index in [1.165, 1.54) is 0 Å². The smallest absolute Gasteiger partial charge is 0.223 e. The predicted octanol–water partition coefficient (Wildman–Crippen LogP) is 8.72. The maximum atomic E-state index is 13.0. The molecular weight excluding hydrogens is 612 g/mol. The second kappa shape index (κ2) is 13.3. The molecule has 7 rings (SSSR count). The number of aromatic amines is 2. The molecule has 0 aliphatic carbocycles. The summed E-state index contributed by atoms with van der Waals surface area (Å²) in [5.41, 5.74) is 7.17. The van der Waals surface area contributed by atoms with E-state index in [-0.39, 0.29) is 23.9 Å². The highest BCUT2D eigenvalue weighted by molar-refractivity contribution is 6.07. The molecule has 256 valence electrons. The fourth-order valence-corrected chi connectivity index (χ4v) is 7.64. The van der Waals surface area contributed by atoms with Crippen LogP contribution < -0.4 is 4.74 Å². The summed E-state index contributed by atoms with van der Waals surface area (Å²) in [5, 5.41) is 2.14. The number of nitrogens with one attached hydrogen (secondary N) is 2. The molecule has 0 saturated carbocycles. The van der Waals surface area contributed by atoms with Gasteiger partial charge in [0.2, 0.25) is 11.8 Å². The summed E-state index contributed by atoms with van der Waals surface area (Å²) in [6, 6.07) is 14.9. The van der Waals surface area contributed by atoms with Gasteiger partial charge in [-0.15, -0.1) is 0 Å². The molecule has 0 spiro atoms. The van der Waals surface area contributed by atoms with Gasteiger partial charge in [-0.3, -0.25) is 9.59 Å². The van der Waals surface area contributed by atoms with E-state index >= 15 is 0 Å². The zero-order valence-electron chi connectivity index (χ0n) is 29.6. The van der Waals surface area contributed by atoms with Crippen LogP contribution in [0, 0.1) is 11.8 Å². The van der Waals surface area contributed by atoms with E-state index < -0.39 is 0 Å². The number of carbonyl (C=O) groups is 2. The summed E-state index contributed by atoms with van der Waals surface area (Å²) in [4.78, 5) is 46.8. The van der Waals surface area contributed by atoms with Crippen molar-refractivity contribution in [3.63, 3.8) is 0 Å². The zero-order valence-corrected chi connectivity index (χ0v) is 29.6. The van der Waals surface area contributed by atoms with Crippen molar-refractivity contribution in [1.82, 2.24) is 29.7 Å². The Morgan fingerprint density at radius 3 is 2.61 bits per heavy atom. The number of ether oxygens (including phenoxy) is 1. The highest BCUT2D eigenvalue weighted by Gasteiger charge is 2.36. The Kier molecular flexibility index (Phi) is 8.94. The minimum Gasteiger partial charge on any atom is -0.488 e. The first-order chi connectivity index (χ1) is 23.6. The van der Waals surface area contributed by atoms with Crippen LogP contribution in [0.3, 0.4) is 0 Å². The lowest BCUT2D eigenvalue weighted by molar-refractivity contribution is -0.134. The quantitative estimate of drug-likeness (QED) is 0.156. The molecule has 4 heterocycles. The molecule has 5 aromatic rings. The maximum Gasteiger partial charge on any atom is 0.223 e. The number of nitrogens with zero attached hydrogens (tertiary/aromatic N) is 4. The standard InChI is InChI=1S/C40H48N6O3/c1-7-9-36(47)45(20-23(3)4)25(6)39-41-19-33(43-39)27-11-13-29-28(16-27)22-49-35-18-30-26(17-31(29)35)12-14-32-38(30)44-40(42-32)34-15-24(5)21-46(34)37(48)10-8-2/h11-14,16-19,23-25,34H,7-10,15,20-22H2,1-6H3,(H,41,43)(H,42,44)/t24-,25-,34-/m0/s1. The van der Waals surface area contributed by atoms with E-state index in [4.69, 9.17) is 14.7 Å². The molecule has 0 bridgehead atoms. The van der Waals surface area contributed by atoms with Gasteiger partial charge >= 0.3 is 0 Å². The summed E-state index contributed by atoms with van der Waals surface area (Å²) in [5.74, 6) is 3.69. The van der Waals surface area contributed by atoms with Gasteiger partial charge in [-0.05, 0) is 84.4 Å². The fourth-order valence-electron chi connectivity index (χ4n) is 7.64. The SMILES string of the molecule is CCCC(=O)N(CC(C)C)[C@@H](C)c1ncc(-c2ccc3c(c2)COc2cc4c(ccc5[nH]c([C@@H]6C[C@H](C)CN6C(=O)CCC)nc54)cc2-3)[nH]1. The second-order valence-electron chi connectivity index (χ2n) is 14.5. The molecule has 1 saturated heterocycles. The molecule has 3 atom stereocenters. The molecule has 49 heavy (non-hydrogen) atoms. The second-order valence-corrected chi connectivity index (χ2v) is 14.5. The van der Waals surface area contributed by atoms with Gasteiger partial charge in [0, 0.05) is 36.9 Å². The Labute approximate surface area is 288 Å². The van der Waals surface area contributed by atoms with Gasteiger partial charge in [-0.1, -0.05) is 52.8 Å². The van der Waals surface area contributed by atoms with E-state index in [1.54, 1.807) is 0 Å². The van der Waals surface area contributed by atoms with E-state index in [2.05, 4.69) is 87.1 Å². The largest absolute Gasteiger partial charge is 0.488 e. The first-order valence-corrected chi connectivity index (χ1v) is 18.0. The van der Waals surface area contributed by atoms with Gasteiger partial charge in [-0.2, -0.15) is 0 Å². The first kappa shape index (κ1) is 32.9. The fraction of sp³-hybridized carbons (Fsp3) is 0.450. The van der Waals surface area contributed by atoms with Crippen LogP contribution in [-0.4, -0.2) is 54.6 Å². The number of imidazole rings is 2. The molecule has 2 aliphatic rings. The lowest BCUT2D eigenvalue weighted by atomic mass is 9.92. The number of H-pyrrole nitrogens is 2. The first-order valence-electron chi connectivity index (χ1n) is 18.0. The molecule has 2 amide bonds. The van der Waals surface area contributed by atoms with Crippen LogP contribution in [0.4, 0.5) is 0 Å². The lowest BCUT2D eigenvalue weighted by Gasteiger charge is -2.29. The number of amides is 2. The number of rotatable bonds is 10. The molecule has 2 aliphatic heterocycles. The van der Waals surface area contributed by atoms with Crippen LogP contribution in [0.15, 0.2) is 48.7 Å². The molecule has 3 aromatic carbocycles. The summed E-state index contributed by atoms with van der Waals surface area (Å²) >= 11 is 0. The zero-order chi connectivity index (χ0) is 34.4. The van der Waals surface area contributed by atoms with Crippen molar-refractivity contribution in [2.24, 2.45) is 11.8 Å².